The third-order valence-corrected chi connectivity index (χ3v) is 5.97. The molecule has 8 heteroatoms. The predicted octanol–water partition coefficient (Wildman–Crippen LogP) is 4.61. The fourth-order valence-corrected chi connectivity index (χ4v) is 4.37. The molecule has 6 nitrogen and oxygen atoms in total. The molecule has 0 radical (unpaired) electrons. The maximum Gasteiger partial charge on any atom is 0.195 e. The van der Waals surface area contributed by atoms with E-state index in [2.05, 4.69) is 38.0 Å². The zero-order chi connectivity index (χ0) is 20.3. The van der Waals surface area contributed by atoms with Crippen LogP contribution in [0.4, 0.5) is 5.69 Å². The molecule has 0 bridgehead atoms. The molecule has 2 aromatic rings. The Labute approximate surface area is 201 Å². The average molecular weight is 545 g/mol. The molecule has 3 rings (SSSR count). The highest BCUT2D eigenvalue weighted by Gasteiger charge is 2.24. The molecule has 1 unspecified atom stereocenters. The molecule has 30 heavy (non-hydrogen) atoms. The molecule has 2 heterocycles. The minimum absolute atomic E-state index is 0. The highest BCUT2D eigenvalue weighted by molar-refractivity contribution is 14.0. The number of methoxy groups -OCH3 is 1. The molecule has 1 aromatic heterocycles. The number of hydrogen-bond donors (Lipinski definition) is 2. The molecule has 0 saturated carbocycles. The Morgan fingerprint density at radius 2 is 2.03 bits per heavy atom. The quantitative estimate of drug-likeness (QED) is 0.198. The molecule has 1 atom stereocenters. The van der Waals surface area contributed by atoms with Crippen LogP contribution in [-0.2, 0) is 4.74 Å². The van der Waals surface area contributed by atoms with E-state index in [1.54, 1.807) is 14.2 Å². The van der Waals surface area contributed by atoms with Crippen molar-refractivity contribution in [2.24, 2.45) is 4.99 Å². The van der Waals surface area contributed by atoms with Crippen molar-refractivity contribution in [3.63, 3.8) is 0 Å². The van der Waals surface area contributed by atoms with Crippen molar-refractivity contribution >= 4 is 47.0 Å². The number of ether oxygens (including phenoxy) is 2. The van der Waals surface area contributed by atoms with Crippen molar-refractivity contribution in [2.45, 2.75) is 25.3 Å². The van der Waals surface area contributed by atoms with Crippen LogP contribution in [0.25, 0.3) is 0 Å². The van der Waals surface area contributed by atoms with Crippen LogP contribution in [-0.4, -0.2) is 57.9 Å². The van der Waals surface area contributed by atoms with Gasteiger partial charge in [0.1, 0.15) is 5.75 Å². The van der Waals surface area contributed by atoms with Gasteiger partial charge in [-0.05, 0) is 49.5 Å². The van der Waals surface area contributed by atoms with Gasteiger partial charge in [0, 0.05) is 50.4 Å². The van der Waals surface area contributed by atoms with Crippen molar-refractivity contribution in [1.82, 2.24) is 10.2 Å². The lowest BCUT2D eigenvalue weighted by Gasteiger charge is -2.27. The first-order valence-electron chi connectivity index (χ1n) is 10.3. The summed E-state index contributed by atoms with van der Waals surface area (Å²) in [4.78, 5) is 8.38. The van der Waals surface area contributed by atoms with Crippen LogP contribution in [0.1, 0.15) is 30.2 Å². The number of halogens is 1. The number of guanidine groups is 1. The first-order valence-corrected chi connectivity index (χ1v) is 11.1. The maximum absolute atomic E-state index is 5.79. The van der Waals surface area contributed by atoms with Crippen LogP contribution in [0.2, 0.25) is 0 Å². The van der Waals surface area contributed by atoms with Crippen LogP contribution in [0.5, 0.6) is 5.75 Å². The maximum atomic E-state index is 5.79. The zero-order valence-electron chi connectivity index (χ0n) is 17.8. The van der Waals surface area contributed by atoms with Gasteiger partial charge < -0.3 is 20.1 Å². The van der Waals surface area contributed by atoms with E-state index < -0.39 is 0 Å². The van der Waals surface area contributed by atoms with Crippen molar-refractivity contribution in [2.75, 3.05) is 52.3 Å². The fourth-order valence-electron chi connectivity index (χ4n) is 3.51. The lowest BCUT2D eigenvalue weighted by Crippen LogP contribution is -2.39. The van der Waals surface area contributed by atoms with Gasteiger partial charge in [-0.1, -0.05) is 12.1 Å². The lowest BCUT2D eigenvalue weighted by molar-refractivity contribution is 0.172. The molecule has 1 saturated heterocycles. The molecule has 1 aliphatic rings. The molecule has 0 spiro atoms. The number of aliphatic imine (C=N–C) groups is 1. The van der Waals surface area contributed by atoms with Crippen molar-refractivity contribution in [3.05, 3.63) is 46.7 Å². The Morgan fingerprint density at radius 3 is 2.73 bits per heavy atom. The van der Waals surface area contributed by atoms with Crippen molar-refractivity contribution in [1.29, 1.82) is 0 Å². The molecule has 166 valence electrons. The van der Waals surface area contributed by atoms with E-state index in [4.69, 9.17) is 9.47 Å². The summed E-state index contributed by atoms with van der Waals surface area (Å²) in [7, 11) is 3.51. The normalized spacial score (nSPS) is 15.5. The van der Waals surface area contributed by atoms with Gasteiger partial charge in [0.05, 0.1) is 12.6 Å². The summed E-state index contributed by atoms with van der Waals surface area (Å²) in [6, 6.07) is 12.7. The first kappa shape index (κ1) is 24.9. The van der Waals surface area contributed by atoms with Gasteiger partial charge in [-0.2, -0.15) is 0 Å². The minimum atomic E-state index is 0. The third kappa shape index (κ3) is 7.72. The van der Waals surface area contributed by atoms with Gasteiger partial charge in [0.2, 0.25) is 0 Å². The van der Waals surface area contributed by atoms with Crippen LogP contribution < -0.4 is 15.4 Å². The zero-order valence-corrected chi connectivity index (χ0v) is 20.9. The molecular formula is C22H33IN4O2S. The summed E-state index contributed by atoms with van der Waals surface area (Å²) >= 11 is 1.83. The number of hydrogen-bond acceptors (Lipinski definition) is 5. The molecule has 0 aliphatic carbocycles. The summed E-state index contributed by atoms with van der Waals surface area (Å²) < 4.78 is 10.9. The van der Waals surface area contributed by atoms with Gasteiger partial charge in [-0.15, -0.1) is 35.3 Å². The molecule has 1 aliphatic heterocycles. The summed E-state index contributed by atoms with van der Waals surface area (Å²) in [5, 5.41) is 9.05. The number of anilines is 1. The summed E-state index contributed by atoms with van der Waals surface area (Å²) in [5.41, 5.74) is 0.955. The Bertz CT molecular complexity index is 751. The van der Waals surface area contributed by atoms with E-state index in [1.165, 1.54) is 30.8 Å². The van der Waals surface area contributed by atoms with Crippen LogP contribution >= 0.6 is 35.3 Å². The Morgan fingerprint density at radius 1 is 1.20 bits per heavy atom. The highest BCUT2D eigenvalue weighted by Crippen LogP contribution is 2.28. The number of thiophene rings is 1. The van der Waals surface area contributed by atoms with E-state index in [0.29, 0.717) is 19.3 Å². The molecule has 1 aromatic carbocycles. The number of rotatable bonds is 10. The predicted molar refractivity (Wildman–Crippen MR) is 137 cm³/mol. The van der Waals surface area contributed by atoms with E-state index in [9.17, 15) is 0 Å². The second-order valence-corrected chi connectivity index (χ2v) is 8.05. The molecular weight excluding hydrogens is 511 g/mol. The Kier molecular flexibility index (Phi) is 11.5. The lowest BCUT2D eigenvalue weighted by atomic mass is 10.2. The standard InChI is InChI=1S/C22H32N4O2S.HI/c1-23-22(25-18-8-5-9-19(16-18)28-14-7-13-27-2)24-17-20(21-10-6-15-29-21)26-11-3-4-12-26;/h5-6,8-10,15-16,20H,3-4,7,11-14,17H2,1-2H3,(H2,23,24,25);1H. The smallest absolute Gasteiger partial charge is 0.195 e. The van der Waals surface area contributed by atoms with E-state index >= 15 is 0 Å². The summed E-state index contributed by atoms with van der Waals surface area (Å²) in [5.74, 6) is 1.61. The van der Waals surface area contributed by atoms with Crippen molar-refractivity contribution < 1.29 is 9.47 Å². The summed E-state index contributed by atoms with van der Waals surface area (Å²) in [6.45, 7) is 4.50. The van der Waals surface area contributed by atoms with E-state index in [-0.39, 0.29) is 24.0 Å². The number of nitrogens with zero attached hydrogens (tertiary/aromatic N) is 2. The van der Waals surface area contributed by atoms with Gasteiger partial charge in [-0.25, -0.2) is 0 Å². The SMILES string of the molecule is CN=C(NCC(c1cccs1)N1CCCC1)Nc1cccc(OCCCOC)c1.I. The van der Waals surface area contributed by atoms with Crippen LogP contribution in [0, 0.1) is 0 Å². The van der Waals surface area contributed by atoms with Gasteiger partial charge in [-0.3, -0.25) is 9.89 Å². The van der Waals surface area contributed by atoms with Gasteiger partial charge in [0.15, 0.2) is 5.96 Å². The summed E-state index contributed by atoms with van der Waals surface area (Å²) in [6.07, 6.45) is 3.44. The number of nitrogens with one attached hydrogen (secondary N) is 2. The second kappa shape index (κ2) is 13.8. The monoisotopic (exact) mass is 544 g/mol. The Hall–Kier alpha value is -1.36. The van der Waals surface area contributed by atoms with Crippen LogP contribution in [0.3, 0.4) is 0 Å². The Balaban J connectivity index is 0.00000320. The molecule has 1 fully saturated rings. The van der Waals surface area contributed by atoms with E-state index in [1.807, 2.05) is 35.6 Å². The second-order valence-electron chi connectivity index (χ2n) is 7.08. The topological polar surface area (TPSA) is 58.1 Å². The first-order chi connectivity index (χ1) is 14.3. The van der Waals surface area contributed by atoms with Gasteiger partial charge in [0.25, 0.3) is 0 Å². The minimum Gasteiger partial charge on any atom is -0.493 e. The molecule has 2 N–H and O–H groups in total. The largest absolute Gasteiger partial charge is 0.493 e. The average Bonchev–Trinajstić information content (AvgIpc) is 3.46. The van der Waals surface area contributed by atoms with E-state index in [0.717, 1.165) is 30.4 Å². The third-order valence-electron chi connectivity index (χ3n) is 5.00. The highest BCUT2D eigenvalue weighted by atomic mass is 127. The fraction of sp³-hybridized carbons (Fsp3) is 0.500. The van der Waals surface area contributed by atoms with Crippen molar-refractivity contribution in [3.8, 4) is 5.75 Å². The number of benzene rings is 1. The molecule has 0 amide bonds. The number of likely N-dealkylation sites (tertiary alicyclic amines) is 1. The van der Waals surface area contributed by atoms with Crippen LogP contribution in [0.15, 0.2) is 46.8 Å². The van der Waals surface area contributed by atoms with Gasteiger partial charge >= 0.3 is 0 Å².